The minimum atomic E-state index is -0.0765. The summed E-state index contributed by atoms with van der Waals surface area (Å²) >= 11 is 0. The molecular formula is C16H25N3O2. The highest BCUT2D eigenvalue weighted by Gasteiger charge is 2.16. The van der Waals surface area contributed by atoms with Crippen LogP contribution in [0.2, 0.25) is 0 Å². The molecule has 1 fully saturated rings. The maximum absolute atomic E-state index is 12.1. The van der Waals surface area contributed by atoms with Gasteiger partial charge in [0.1, 0.15) is 5.75 Å². The monoisotopic (exact) mass is 291 g/mol. The van der Waals surface area contributed by atoms with Gasteiger partial charge in [0.25, 0.3) is 0 Å². The number of carbonyl (C=O) groups is 1. The fourth-order valence-electron chi connectivity index (χ4n) is 2.54. The molecule has 116 valence electrons. The molecule has 1 heterocycles. The van der Waals surface area contributed by atoms with E-state index in [0.29, 0.717) is 0 Å². The van der Waals surface area contributed by atoms with E-state index in [1.807, 2.05) is 26.1 Å². The number of hydrogen-bond acceptors (Lipinski definition) is 3. The number of amides is 2. The molecular weight excluding hydrogens is 266 g/mol. The van der Waals surface area contributed by atoms with Crippen molar-refractivity contribution >= 4 is 6.03 Å². The molecule has 1 aromatic carbocycles. The standard InChI is InChI=1S/C16H25N3O2/c1-13(14-5-7-15(20)8-6-14)17-16(21)18(2)11-12-19-9-3-4-10-19/h5-8,13,20H,3-4,9-12H2,1-2H3,(H,17,21)/t13-/m0/s1. The summed E-state index contributed by atoms with van der Waals surface area (Å²) in [6.07, 6.45) is 2.54. The first-order chi connectivity index (χ1) is 10.1. The maximum Gasteiger partial charge on any atom is 0.317 e. The molecule has 0 unspecified atom stereocenters. The first-order valence-corrected chi connectivity index (χ1v) is 7.59. The van der Waals surface area contributed by atoms with E-state index in [1.165, 1.54) is 12.8 Å². The summed E-state index contributed by atoms with van der Waals surface area (Å²) < 4.78 is 0. The van der Waals surface area contributed by atoms with E-state index in [-0.39, 0.29) is 17.8 Å². The molecule has 0 saturated carbocycles. The van der Waals surface area contributed by atoms with Crippen molar-refractivity contribution in [3.8, 4) is 5.75 Å². The van der Waals surface area contributed by atoms with Gasteiger partial charge in [0.2, 0.25) is 0 Å². The highest BCUT2D eigenvalue weighted by atomic mass is 16.3. The first kappa shape index (κ1) is 15.6. The van der Waals surface area contributed by atoms with E-state index >= 15 is 0 Å². The fraction of sp³-hybridized carbons (Fsp3) is 0.562. The van der Waals surface area contributed by atoms with Crippen LogP contribution in [0.4, 0.5) is 4.79 Å². The predicted octanol–water partition coefficient (Wildman–Crippen LogP) is 2.19. The van der Waals surface area contributed by atoms with Gasteiger partial charge in [-0.25, -0.2) is 4.79 Å². The summed E-state index contributed by atoms with van der Waals surface area (Å²) in [6, 6.07) is 6.78. The van der Waals surface area contributed by atoms with Crippen LogP contribution in [0.1, 0.15) is 31.4 Å². The van der Waals surface area contributed by atoms with Crippen molar-refractivity contribution in [2.24, 2.45) is 0 Å². The zero-order chi connectivity index (χ0) is 15.2. The van der Waals surface area contributed by atoms with Crippen LogP contribution >= 0.6 is 0 Å². The van der Waals surface area contributed by atoms with Gasteiger partial charge in [0, 0.05) is 20.1 Å². The van der Waals surface area contributed by atoms with Gasteiger partial charge in [-0.1, -0.05) is 12.1 Å². The number of urea groups is 1. The van der Waals surface area contributed by atoms with E-state index in [1.54, 1.807) is 17.0 Å². The minimum Gasteiger partial charge on any atom is -0.508 e. The van der Waals surface area contributed by atoms with E-state index in [9.17, 15) is 9.90 Å². The van der Waals surface area contributed by atoms with Crippen molar-refractivity contribution in [1.29, 1.82) is 0 Å². The van der Waals surface area contributed by atoms with Crippen molar-refractivity contribution in [2.45, 2.75) is 25.8 Å². The Balaban J connectivity index is 1.77. The van der Waals surface area contributed by atoms with Gasteiger partial charge in [-0.3, -0.25) is 0 Å². The highest BCUT2D eigenvalue weighted by molar-refractivity contribution is 5.74. The Morgan fingerprint density at radius 3 is 2.57 bits per heavy atom. The molecule has 5 nitrogen and oxygen atoms in total. The number of aromatic hydroxyl groups is 1. The molecule has 5 heteroatoms. The Bertz CT molecular complexity index is 455. The quantitative estimate of drug-likeness (QED) is 0.874. The van der Waals surface area contributed by atoms with Gasteiger partial charge in [-0.15, -0.1) is 0 Å². The van der Waals surface area contributed by atoms with Gasteiger partial charge in [0.05, 0.1) is 6.04 Å². The zero-order valence-corrected chi connectivity index (χ0v) is 12.9. The summed E-state index contributed by atoms with van der Waals surface area (Å²) in [7, 11) is 1.83. The van der Waals surface area contributed by atoms with Crippen LogP contribution in [0, 0.1) is 0 Å². The molecule has 2 amide bonds. The van der Waals surface area contributed by atoms with Crippen LogP contribution in [0.5, 0.6) is 5.75 Å². The number of likely N-dealkylation sites (tertiary alicyclic amines) is 1. The Morgan fingerprint density at radius 1 is 1.33 bits per heavy atom. The smallest absolute Gasteiger partial charge is 0.317 e. The van der Waals surface area contributed by atoms with Crippen LogP contribution in [0.3, 0.4) is 0 Å². The van der Waals surface area contributed by atoms with Crippen molar-refractivity contribution in [3.05, 3.63) is 29.8 Å². The molecule has 21 heavy (non-hydrogen) atoms. The van der Waals surface area contributed by atoms with Crippen molar-refractivity contribution < 1.29 is 9.90 Å². The average Bonchev–Trinajstić information content (AvgIpc) is 2.98. The maximum atomic E-state index is 12.1. The molecule has 1 aromatic rings. The lowest BCUT2D eigenvalue weighted by molar-refractivity contribution is 0.197. The summed E-state index contributed by atoms with van der Waals surface area (Å²) in [5.74, 6) is 0.236. The molecule has 1 aliphatic heterocycles. The third-order valence-electron chi connectivity index (χ3n) is 4.03. The number of benzene rings is 1. The zero-order valence-electron chi connectivity index (χ0n) is 12.9. The molecule has 0 aromatic heterocycles. The largest absolute Gasteiger partial charge is 0.508 e. The van der Waals surface area contributed by atoms with Crippen LogP contribution < -0.4 is 5.32 Å². The Labute approximate surface area is 126 Å². The number of likely N-dealkylation sites (N-methyl/N-ethyl adjacent to an activating group) is 1. The lowest BCUT2D eigenvalue weighted by atomic mass is 10.1. The predicted molar refractivity (Wildman–Crippen MR) is 83.4 cm³/mol. The van der Waals surface area contributed by atoms with Gasteiger partial charge in [0.15, 0.2) is 0 Å². The third kappa shape index (κ3) is 4.63. The van der Waals surface area contributed by atoms with Crippen LogP contribution in [0.15, 0.2) is 24.3 Å². The fourth-order valence-corrected chi connectivity index (χ4v) is 2.54. The molecule has 0 aliphatic carbocycles. The van der Waals surface area contributed by atoms with Crippen LogP contribution in [-0.4, -0.2) is 54.2 Å². The van der Waals surface area contributed by atoms with E-state index in [4.69, 9.17) is 0 Å². The van der Waals surface area contributed by atoms with Gasteiger partial charge in [-0.05, 0) is 50.6 Å². The molecule has 1 aliphatic rings. The number of carbonyl (C=O) groups excluding carboxylic acids is 1. The van der Waals surface area contributed by atoms with E-state index in [2.05, 4.69) is 10.2 Å². The Kier molecular flexibility index (Phi) is 5.44. The van der Waals surface area contributed by atoms with Crippen LogP contribution in [0.25, 0.3) is 0 Å². The minimum absolute atomic E-state index is 0.0604. The van der Waals surface area contributed by atoms with E-state index < -0.39 is 0 Å². The third-order valence-corrected chi connectivity index (χ3v) is 4.03. The topological polar surface area (TPSA) is 55.8 Å². The van der Waals surface area contributed by atoms with Gasteiger partial charge < -0.3 is 20.2 Å². The lowest BCUT2D eigenvalue weighted by Crippen LogP contribution is -2.42. The average molecular weight is 291 g/mol. The van der Waals surface area contributed by atoms with Gasteiger partial charge >= 0.3 is 6.03 Å². The van der Waals surface area contributed by atoms with Crippen molar-refractivity contribution in [3.63, 3.8) is 0 Å². The number of phenols is 1. The normalized spacial score (nSPS) is 16.7. The van der Waals surface area contributed by atoms with Crippen molar-refractivity contribution in [1.82, 2.24) is 15.1 Å². The highest BCUT2D eigenvalue weighted by Crippen LogP contribution is 2.16. The van der Waals surface area contributed by atoms with Crippen molar-refractivity contribution in [2.75, 3.05) is 33.2 Å². The Hall–Kier alpha value is -1.75. The van der Waals surface area contributed by atoms with Gasteiger partial charge in [-0.2, -0.15) is 0 Å². The summed E-state index contributed by atoms with van der Waals surface area (Å²) in [5.41, 5.74) is 0.981. The van der Waals surface area contributed by atoms with Crippen LogP contribution in [-0.2, 0) is 0 Å². The summed E-state index contributed by atoms with van der Waals surface area (Å²) in [6.45, 7) is 5.93. The number of rotatable bonds is 5. The Morgan fingerprint density at radius 2 is 1.95 bits per heavy atom. The number of hydrogen-bond donors (Lipinski definition) is 2. The molecule has 2 N–H and O–H groups in total. The summed E-state index contributed by atoms with van der Waals surface area (Å²) in [5, 5.41) is 12.3. The summed E-state index contributed by atoms with van der Waals surface area (Å²) in [4.78, 5) is 16.3. The number of phenolic OH excluding ortho intramolecular Hbond substituents is 1. The second kappa shape index (κ2) is 7.31. The molecule has 2 rings (SSSR count). The molecule has 0 radical (unpaired) electrons. The SMILES string of the molecule is C[C@H](NC(=O)N(C)CCN1CCCC1)c1ccc(O)cc1. The number of nitrogens with one attached hydrogen (secondary N) is 1. The van der Waals surface area contributed by atoms with E-state index in [0.717, 1.165) is 31.7 Å². The molecule has 1 atom stereocenters. The molecule has 1 saturated heterocycles. The number of nitrogens with zero attached hydrogens (tertiary/aromatic N) is 2. The molecule has 0 bridgehead atoms. The lowest BCUT2D eigenvalue weighted by Gasteiger charge is -2.24. The second-order valence-electron chi connectivity index (χ2n) is 5.73. The second-order valence-corrected chi connectivity index (χ2v) is 5.73. The molecule has 0 spiro atoms. The first-order valence-electron chi connectivity index (χ1n) is 7.59.